The first-order valence-corrected chi connectivity index (χ1v) is 6.64. The van der Waals surface area contributed by atoms with Crippen LogP contribution in [0.2, 0.25) is 0 Å². The van der Waals surface area contributed by atoms with Gasteiger partial charge < -0.3 is 0 Å². The fourth-order valence-electron chi connectivity index (χ4n) is 2.57. The topological polar surface area (TPSA) is 38.0 Å². The van der Waals surface area contributed by atoms with E-state index in [1.54, 1.807) is 0 Å². The van der Waals surface area contributed by atoms with Gasteiger partial charge in [0.25, 0.3) is 0 Å². The Kier molecular flexibility index (Phi) is 4.03. The second-order valence-corrected chi connectivity index (χ2v) is 5.25. The molecule has 2 heteroatoms. The van der Waals surface area contributed by atoms with E-state index in [1.807, 2.05) is 0 Å². The van der Waals surface area contributed by atoms with Gasteiger partial charge in [-0.15, -0.1) is 0 Å². The Labute approximate surface area is 115 Å². The van der Waals surface area contributed by atoms with Crippen LogP contribution in [0.25, 0.3) is 0 Å². The van der Waals surface area contributed by atoms with Crippen LogP contribution < -0.4 is 11.3 Å². The number of nitrogens with one attached hydrogen (secondary N) is 1. The maximum Gasteiger partial charge on any atom is 0.0715 e. The molecule has 0 aliphatic heterocycles. The van der Waals surface area contributed by atoms with Gasteiger partial charge >= 0.3 is 0 Å². The van der Waals surface area contributed by atoms with E-state index in [4.69, 9.17) is 5.84 Å². The average molecular weight is 254 g/mol. The molecule has 2 aromatic carbocycles. The summed E-state index contributed by atoms with van der Waals surface area (Å²) in [5, 5.41) is 0. The molecular weight excluding hydrogens is 232 g/mol. The number of nitrogens with two attached hydrogens (primary N) is 1. The Hall–Kier alpha value is -1.64. The molecule has 2 rings (SSSR count). The number of benzene rings is 2. The van der Waals surface area contributed by atoms with Crippen molar-refractivity contribution >= 4 is 0 Å². The molecule has 0 aliphatic rings. The minimum atomic E-state index is 0.0421. The van der Waals surface area contributed by atoms with Crippen molar-refractivity contribution in [2.24, 2.45) is 5.84 Å². The Bertz CT molecular complexity index is 568. The van der Waals surface area contributed by atoms with E-state index in [2.05, 4.69) is 69.5 Å². The number of hydrogen-bond donors (Lipinski definition) is 2. The van der Waals surface area contributed by atoms with E-state index in [0.29, 0.717) is 0 Å². The van der Waals surface area contributed by atoms with E-state index in [-0.39, 0.29) is 6.04 Å². The largest absolute Gasteiger partial charge is 0.271 e. The van der Waals surface area contributed by atoms with Crippen LogP contribution in [-0.2, 0) is 0 Å². The molecule has 0 bridgehead atoms. The summed E-state index contributed by atoms with van der Waals surface area (Å²) in [6.45, 7) is 8.53. The molecule has 0 aromatic heterocycles. The van der Waals surface area contributed by atoms with Gasteiger partial charge in [0.05, 0.1) is 6.04 Å². The Morgan fingerprint density at radius 1 is 0.842 bits per heavy atom. The molecule has 2 nitrogen and oxygen atoms in total. The molecule has 0 saturated heterocycles. The summed E-state index contributed by atoms with van der Waals surface area (Å²) in [5.74, 6) is 5.81. The van der Waals surface area contributed by atoms with Gasteiger partial charge in [0.2, 0.25) is 0 Å². The molecule has 3 N–H and O–H groups in total. The van der Waals surface area contributed by atoms with E-state index in [9.17, 15) is 0 Å². The third-order valence-electron chi connectivity index (χ3n) is 3.86. The summed E-state index contributed by atoms with van der Waals surface area (Å²) in [4.78, 5) is 0. The van der Waals surface area contributed by atoms with Crippen molar-refractivity contribution in [2.75, 3.05) is 0 Å². The van der Waals surface area contributed by atoms with Crippen LogP contribution in [-0.4, -0.2) is 0 Å². The molecule has 1 unspecified atom stereocenters. The highest BCUT2D eigenvalue weighted by Crippen LogP contribution is 2.28. The maximum atomic E-state index is 5.81. The van der Waals surface area contributed by atoms with E-state index >= 15 is 0 Å². The van der Waals surface area contributed by atoms with Crippen molar-refractivity contribution in [1.82, 2.24) is 5.43 Å². The quantitative estimate of drug-likeness (QED) is 0.650. The summed E-state index contributed by atoms with van der Waals surface area (Å²) in [6.07, 6.45) is 0. The lowest BCUT2D eigenvalue weighted by molar-refractivity contribution is 0.630. The van der Waals surface area contributed by atoms with Gasteiger partial charge in [0.1, 0.15) is 0 Å². The lowest BCUT2D eigenvalue weighted by atomic mass is 9.90. The van der Waals surface area contributed by atoms with E-state index < -0.39 is 0 Å². The van der Waals surface area contributed by atoms with Crippen molar-refractivity contribution < 1.29 is 0 Å². The molecule has 0 radical (unpaired) electrons. The Morgan fingerprint density at radius 3 is 2.00 bits per heavy atom. The fraction of sp³-hybridized carbons (Fsp3) is 0.294. The van der Waals surface area contributed by atoms with Crippen molar-refractivity contribution in [3.63, 3.8) is 0 Å². The van der Waals surface area contributed by atoms with E-state index in [1.165, 1.54) is 33.4 Å². The molecular formula is C17H22N2. The summed E-state index contributed by atoms with van der Waals surface area (Å²) < 4.78 is 0. The van der Waals surface area contributed by atoms with Crippen LogP contribution in [0, 0.1) is 27.7 Å². The van der Waals surface area contributed by atoms with Crippen molar-refractivity contribution in [1.29, 1.82) is 0 Å². The molecule has 0 saturated carbocycles. The van der Waals surface area contributed by atoms with Crippen LogP contribution in [0.15, 0.2) is 36.4 Å². The first kappa shape index (κ1) is 13.8. The van der Waals surface area contributed by atoms with Crippen molar-refractivity contribution in [3.8, 4) is 0 Å². The highest BCUT2D eigenvalue weighted by Gasteiger charge is 2.17. The first-order valence-electron chi connectivity index (χ1n) is 6.64. The van der Waals surface area contributed by atoms with Crippen molar-refractivity contribution in [3.05, 3.63) is 69.8 Å². The highest BCUT2D eigenvalue weighted by molar-refractivity contribution is 5.43. The molecule has 0 fully saturated rings. The third kappa shape index (κ3) is 2.70. The second kappa shape index (κ2) is 5.55. The Balaban J connectivity index is 2.53. The first-order chi connectivity index (χ1) is 9.04. The molecule has 1 atom stereocenters. The molecule has 19 heavy (non-hydrogen) atoms. The van der Waals surface area contributed by atoms with Gasteiger partial charge in [0.15, 0.2) is 0 Å². The number of rotatable bonds is 3. The van der Waals surface area contributed by atoms with Crippen LogP contribution >= 0.6 is 0 Å². The molecule has 100 valence electrons. The highest BCUT2D eigenvalue weighted by atomic mass is 15.2. The van der Waals surface area contributed by atoms with E-state index in [0.717, 1.165) is 0 Å². The molecule has 0 aliphatic carbocycles. The van der Waals surface area contributed by atoms with Crippen LogP contribution in [0.1, 0.15) is 39.4 Å². The zero-order valence-electron chi connectivity index (χ0n) is 12.1. The van der Waals surface area contributed by atoms with Gasteiger partial charge in [-0.05, 0) is 61.1 Å². The Morgan fingerprint density at radius 2 is 1.47 bits per heavy atom. The zero-order valence-corrected chi connectivity index (χ0v) is 12.1. The van der Waals surface area contributed by atoms with Crippen LogP contribution in [0.5, 0.6) is 0 Å². The average Bonchev–Trinajstić information content (AvgIpc) is 2.37. The summed E-state index contributed by atoms with van der Waals surface area (Å²) >= 11 is 0. The van der Waals surface area contributed by atoms with Crippen LogP contribution in [0.3, 0.4) is 0 Å². The second-order valence-electron chi connectivity index (χ2n) is 5.25. The minimum absolute atomic E-state index is 0.0421. The number of aryl methyl sites for hydroxylation is 4. The molecule has 0 spiro atoms. The fourth-order valence-corrected chi connectivity index (χ4v) is 2.57. The summed E-state index contributed by atoms with van der Waals surface area (Å²) in [7, 11) is 0. The molecule has 2 aromatic rings. The summed E-state index contributed by atoms with van der Waals surface area (Å²) in [5.41, 5.74) is 10.6. The number of hydrazine groups is 1. The van der Waals surface area contributed by atoms with Gasteiger partial charge in [-0.2, -0.15) is 0 Å². The molecule has 0 heterocycles. The van der Waals surface area contributed by atoms with Gasteiger partial charge in [-0.25, -0.2) is 5.43 Å². The van der Waals surface area contributed by atoms with Gasteiger partial charge in [-0.1, -0.05) is 36.4 Å². The summed E-state index contributed by atoms with van der Waals surface area (Å²) in [6, 6.07) is 12.9. The maximum absolute atomic E-state index is 5.81. The predicted octanol–water partition coefficient (Wildman–Crippen LogP) is 3.47. The lowest BCUT2D eigenvalue weighted by Gasteiger charge is -2.22. The standard InChI is InChI=1S/C17H22N2/c1-11-8-9-15(10-14(11)4)17(19-18)16-12(2)6-5-7-13(16)3/h5-10,17,19H,18H2,1-4H3. The lowest BCUT2D eigenvalue weighted by Crippen LogP contribution is -2.30. The molecule has 0 amide bonds. The number of hydrogen-bond acceptors (Lipinski definition) is 2. The smallest absolute Gasteiger partial charge is 0.0715 e. The normalized spacial score (nSPS) is 12.5. The zero-order chi connectivity index (χ0) is 14.0. The predicted molar refractivity (Wildman–Crippen MR) is 81.0 cm³/mol. The third-order valence-corrected chi connectivity index (χ3v) is 3.86. The van der Waals surface area contributed by atoms with Crippen molar-refractivity contribution in [2.45, 2.75) is 33.7 Å². The van der Waals surface area contributed by atoms with Gasteiger partial charge in [0, 0.05) is 0 Å². The van der Waals surface area contributed by atoms with Crippen LogP contribution in [0.4, 0.5) is 0 Å². The minimum Gasteiger partial charge on any atom is -0.271 e. The SMILES string of the molecule is Cc1ccc(C(NN)c2c(C)cccc2C)cc1C. The monoisotopic (exact) mass is 254 g/mol. The van der Waals surface area contributed by atoms with Gasteiger partial charge in [-0.3, -0.25) is 5.84 Å².